The van der Waals surface area contributed by atoms with Crippen LogP contribution in [0.5, 0.6) is 11.5 Å². The highest BCUT2D eigenvalue weighted by molar-refractivity contribution is 5.41. The third-order valence-electron chi connectivity index (χ3n) is 3.30. The molecule has 0 aliphatic carbocycles. The molecule has 2 rings (SSSR count). The number of ether oxygens (including phenoxy) is 2. The number of nitrogens with one attached hydrogen (secondary N) is 1. The van der Waals surface area contributed by atoms with Crippen LogP contribution in [0.1, 0.15) is 29.7 Å². The van der Waals surface area contributed by atoms with Crippen molar-refractivity contribution in [2.75, 3.05) is 13.7 Å². The molecule has 0 radical (unpaired) electrons. The number of hydrogen-bond donors (Lipinski definition) is 2. The van der Waals surface area contributed by atoms with Gasteiger partial charge in [0.1, 0.15) is 11.5 Å². The summed E-state index contributed by atoms with van der Waals surface area (Å²) in [5.41, 5.74) is 5.89. The van der Waals surface area contributed by atoms with Crippen molar-refractivity contribution >= 4 is 0 Å². The van der Waals surface area contributed by atoms with E-state index < -0.39 is 0 Å². The molecule has 3 N–H and O–H groups in total. The summed E-state index contributed by atoms with van der Waals surface area (Å²) in [6.45, 7) is 4.55. The lowest BCUT2D eigenvalue weighted by atomic mass is 9.98. The Hall–Kier alpha value is -2.11. The van der Waals surface area contributed by atoms with Gasteiger partial charge in [-0.3, -0.25) is 10.8 Å². The predicted octanol–water partition coefficient (Wildman–Crippen LogP) is 2.35. The molecule has 0 aliphatic rings. The normalized spacial score (nSPS) is 12.0. The minimum absolute atomic E-state index is 0.150. The number of aryl methyl sites for hydroxylation is 1. The molecule has 0 saturated heterocycles. The lowest BCUT2D eigenvalue weighted by Gasteiger charge is -2.18. The molecule has 1 heterocycles. The van der Waals surface area contributed by atoms with Gasteiger partial charge in [-0.15, -0.1) is 0 Å². The topological polar surface area (TPSA) is 69.4 Å². The lowest BCUT2D eigenvalue weighted by molar-refractivity contribution is 0.338. The van der Waals surface area contributed by atoms with Crippen molar-refractivity contribution in [1.29, 1.82) is 0 Å². The minimum Gasteiger partial charge on any atom is -0.496 e. The fourth-order valence-corrected chi connectivity index (χ4v) is 2.31. The van der Waals surface area contributed by atoms with Crippen LogP contribution in [0, 0.1) is 6.92 Å². The Morgan fingerprint density at radius 2 is 2.05 bits per heavy atom. The Labute approximate surface area is 125 Å². The number of hydrogen-bond acceptors (Lipinski definition) is 5. The zero-order valence-corrected chi connectivity index (χ0v) is 12.6. The third kappa shape index (κ3) is 3.51. The average Bonchev–Trinajstić information content (AvgIpc) is 2.49. The van der Waals surface area contributed by atoms with E-state index in [-0.39, 0.29) is 6.04 Å². The fourth-order valence-electron chi connectivity index (χ4n) is 2.31. The van der Waals surface area contributed by atoms with Gasteiger partial charge < -0.3 is 9.47 Å². The molecule has 0 fully saturated rings. The molecule has 0 bridgehead atoms. The van der Waals surface area contributed by atoms with E-state index in [4.69, 9.17) is 15.3 Å². The van der Waals surface area contributed by atoms with Crippen LogP contribution >= 0.6 is 0 Å². The molecular weight excluding hydrogens is 266 g/mol. The van der Waals surface area contributed by atoms with E-state index in [1.807, 2.05) is 32.0 Å². The monoisotopic (exact) mass is 287 g/mol. The maximum atomic E-state index is 5.73. The number of methoxy groups -OCH3 is 1. The summed E-state index contributed by atoms with van der Waals surface area (Å²) >= 11 is 0. The highest BCUT2D eigenvalue weighted by Gasteiger charge is 2.15. The lowest BCUT2D eigenvalue weighted by Crippen LogP contribution is -2.29. The van der Waals surface area contributed by atoms with Crippen molar-refractivity contribution in [3.63, 3.8) is 0 Å². The molecule has 1 aromatic heterocycles. The van der Waals surface area contributed by atoms with Crippen molar-refractivity contribution in [1.82, 2.24) is 10.4 Å². The van der Waals surface area contributed by atoms with Crippen LogP contribution in [-0.2, 0) is 0 Å². The molecule has 1 atom stereocenters. The second kappa shape index (κ2) is 7.06. The molecule has 0 amide bonds. The van der Waals surface area contributed by atoms with Gasteiger partial charge in [-0.2, -0.15) is 0 Å². The first kappa shape index (κ1) is 15.3. The van der Waals surface area contributed by atoms with Crippen molar-refractivity contribution < 1.29 is 9.47 Å². The first-order valence-electron chi connectivity index (χ1n) is 6.88. The Kier molecular flexibility index (Phi) is 5.14. The summed E-state index contributed by atoms with van der Waals surface area (Å²) in [5.74, 6) is 7.33. The second-order valence-electron chi connectivity index (χ2n) is 4.72. The fraction of sp³-hybridized carbons (Fsp3) is 0.312. The Morgan fingerprint density at radius 1 is 1.24 bits per heavy atom. The van der Waals surface area contributed by atoms with Gasteiger partial charge >= 0.3 is 0 Å². The molecule has 2 aromatic rings. The second-order valence-corrected chi connectivity index (χ2v) is 4.72. The van der Waals surface area contributed by atoms with Crippen LogP contribution in [-0.4, -0.2) is 18.7 Å². The molecule has 5 heteroatoms. The Morgan fingerprint density at radius 3 is 2.67 bits per heavy atom. The number of aromatic nitrogens is 1. The van der Waals surface area contributed by atoms with E-state index in [9.17, 15) is 0 Å². The van der Waals surface area contributed by atoms with Crippen LogP contribution < -0.4 is 20.7 Å². The van der Waals surface area contributed by atoms with Crippen LogP contribution in [0.4, 0.5) is 0 Å². The molecule has 0 spiro atoms. The Balaban J connectivity index is 2.34. The standard InChI is InChI=1S/C16H21N3O2/c1-4-21-14-8-13(9-18-10-14)16(19-17)12-5-6-15(20-3)11(2)7-12/h5-10,16,19H,4,17H2,1-3H3. The molecule has 0 aliphatic heterocycles. The molecule has 1 unspecified atom stereocenters. The van der Waals surface area contributed by atoms with E-state index in [2.05, 4.69) is 16.5 Å². The third-order valence-corrected chi connectivity index (χ3v) is 3.30. The van der Waals surface area contributed by atoms with Gasteiger partial charge in [0, 0.05) is 6.20 Å². The highest BCUT2D eigenvalue weighted by atomic mass is 16.5. The maximum absolute atomic E-state index is 5.73. The number of hydrazine groups is 1. The molecule has 5 nitrogen and oxygen atoms in total. The van der Waals surface area contributed by atoms with Crippen LogP contribution in [0.15, 0.2) is 36.7 Å². The summed E-state index contributed by atoms with van der Waals surface area (Å²) in [6.07, 6.45) is 3.48. The predicted molar refractivity (Wildman–Crippen MR) is 82.3 cm³/mol. The smallest absolute Gasteiger partial charge is 0.137 e. The largest absolute Gasteiger partial charge is 0.496 e. The quantitative estimate of drug-likeness (QED) is 0.630. The van der Waals surface area contributed by atoms with E-state index in [0.29, 0.717) is 6.61 Å². The summed E-state index contributed by atoms with van der Waals surface area (Å²) in [4.78, 5) is 4.21. The average molecular weight is 287 g/mol. The number of nitrogens with zero attached hydrogens (tertiary/aromatic N) is 1. The van der Waals surface area contributed by atoms with Crippen LogP contribution in [0.3, 0.4) is 0 Å². The molecule has 1 aromatic carbocycles. The number of benzene rings is 1. The van der Waals surface area contributed by atoms with Gasteiger partial charge in [0.2, 0.25) is 0 Å². The summed E-state index contributed by atoms with van der Waals surface area (Å²) in [6, 6.07) is 7.78. The summed E-state index contributed by atoms with van der Waals surface area (Å²) < 4.78 is 10.8. The van der Waals surface area contributed by atoms with Gasteiger partial charge in [-0.05, 0) is 42.7 Å². The van der Waals surface area contributed by atoms with Crippen molar-refractivity contribution in [2.45, 2.75) is 19.9 Å². The summed E-state index contributed by atoms with van der Waals surface area (Å²) in [5, 5.41) is 0. The Bertz CT molecular complexity index is 602. The van der Waals surface area contributed by atoms with Crippen LogP contribution in [0.25, 0.3) is 0 Å². The summed E-state index contributed by atoms with van der Waals surface area (Å²) in [7, 11) is 1.66. The zero-order chi connectivity index (χ0) is 15.2. The van der Waals surface area contributed by atoms with Crippen molar-refractivity contribution in [2.24, 2.45) is 5.84 Å². The molecule has 0 saturated carbocycles. The highest BCUT2D eigenvalue weighted by Crippen LogP contribution is 2.27. The van der Waals surface area contributed by atoms with E-state index >= 15 is 0 Å². The number of pyridine rings is 1. The SMILES string of the molecule is CCOc1cncc(C(NN)c2ccc(OC)c(C)c2)c1. The molecule has 112 valence electrons. The van der Waals surface area contributed by atoms with Gasteiger partial charge in [0.25, 0.3) is 0 Å². The van der Waals surface area contributed by atoms with E-state index in [0.717, 1.165) is 28.2 Å². The zero-order valence-electron chi connectivity index (χ0n) is 12.6. The molecule has 21 heavy (non-hydrogen) atoms. The minimum atomic E-state index is -0.150. The number of nitrogens with two attached hydrogens (primary N) is 1. The van der Waals surface area contributed by atoms with Gasteiger partial charge in [-0.25, -0.2) is 5.43 Å². The van der Waals surface area contributed by atoms with E-state index in [1.54, 1.807) is 19.5 Å². The first-order chi connectivity index (χ1) is 10.2. The number of rotatable bonds is 6. The molecular formula is C16H21N3O2. The van der Waals surface area contributed by atoms with E-state index in [1.165, 1.54) is 0 Å². The maximum Gasteiger partial charge on any atom is 0.137 e. The van der Waals surface area contributed by atoms with Gasteiger partial charge in [0.15, 0.2) is 0 Å². The van der Waals surface area contributed by atoms with Crippen LogP contribution in [0.2, 0.25) is 0 Å². The van der Waals surface area contributed by atoms with Crippen molar-refractivity contribution in [3.05, 3.63) is 53.3 Å². The van der Waals surface area contributed by atoms with Gasteiger partial charge in [-0.1, -0.05) is 12.1 Å². The van der Waals surface area contributed by atoms with Crippen molar-refractivity contribution in [3.8, 4) is 11.5 Å². The first-order valence-corrected chi connectivity index (χ1v) is 6.88. The van der Waals surface area contributed by atoms with Gasteiger partial charge in [0.05, 0.1) is 26.0 Å².